The molecule has 4 rings (SSSR count). The van der Waals surface area contributed by atoms with Crippen molar-refractivity contribution in [2.24, 2.45) is 11.3 Å². The lowest BCUT2D eigenvalue weighted by Crippen LogP contribution is -2.59. The van der Waals surface area contributed by atoms with Gasteiger partial charge in [0.2, 0.25) is 11.8 Å². The number of rotatable bonds is 10. The van der Waals surface area contributed by atoms with Crippen molar-refractivity contribution < 1.29 is 18.2 Å². The van der Waals surface area contributed by atoms with Gasteiger partial charge in [-0.25, -0.2) is 8.60 Å². The Hall–Kier alpha value is -2.46. The van der Waals surface area contributed by atoms with Crippen LogP contribution in [0.5, 0.6) is 0 Å². The minimum Gasteiger partial charge on any atom is -0.330 e. The van der Waals surface area contributed by atoms with Crippen LogP contribution in [0.15, 0.2) is 71.2 Å². The number of amides is 2. The van der Waals surface area contributed by atoms with E-state index in [-0.39, 0.29) is 34.4 Å². The van der Waals surface area contributed by atoms with E-state index in [1.54, 1.807) is 43.9 Å². The number of carbonyl (C=O) groups excluding carboxylic acids is 2. The fraction of sp³-hybridized carbons (Fsp3) is 0.412. The molecule has 1 heterocycles. The van der Waals surface area contributed by atoms with Gasteiger partial charge in [-0.3, -0.25) is 14.4 Å². The van der Waals surface area contributed by atoms with E-state index in [0.717, 1.165) is 11.1 Å². The second-order valence-electron chi connectivity index (χ2n) is 12.7. The molecule has 45 heavy (non-hydrogen) atoms. The zero-order chi connectivity index (χ0) is 33.3. The van der Waals surface area contributed by atoms with Crippen molar-refractivity contribution in [1.29, 1.82) is 4.78 Å². The monoisotopic (exact) mass is 737 g/mol. The largest absolute Gasteiger partial charge is 0.330 e. The molecule has 0 aromatic heterocycles. The Balaban J connectivity index is 1.87. The summed E-state index contributed by atoms with van der Waals surface area (Å²) >= 11 is 15.9. The Bertz CT molecular complexity index is 1670. The quantitative estimate of drug-likeness (QED) is 0.217. The molecule has 242 valence electrons. The molecule has 0 aliphatic carbocycles. The average Bonchev–Trinajstić information content (AvgIpc) is 2.95. The molecule has 1 aliphatic heterocycles. The van der Waals surface area contributed by atoms with E-state index in [9.17, 15) is 18.2 Å². The number of nitrogens with one attached hydrogen (secondary N) is 2. The molecule has 0 radical (unpaired) electrons. The van der Waals surface area contributed by atoms with Crippen LogP contribution in [0.4, 0.5) is 10.1 Å². The van der Waals surface area contributed by atoms with Crippen molar-refractivity contribution >= 4 is 66.4 Å². The van der Waals surface area contributed by atoms with Crippen LogP contribution in [0.25, 0.3) is 0 Å². The molecule has 1 fully saturated rings. The number of carbonyl (C=O) groups is 2. The summed E-state index contributed by atoms with van der Waals surface area (Å²) in [6.07, 6.45) is 0.175. The number of benzene rings is 3. The van der Waals surface area contributed by atoms with Crippen LogP contribution in [-0.2, 0) is 19.3 Å². The van der Waals surface area contributed by atoms with Crippen LogP contribution in [0, 0.1) is 21.9 Å². The van der Waals surface area contributed by atoms with Crippen LogP contribution in [0.3, 0.4) is 0 Å². The Morgan fingerprint density at radius 2 is 1.73 bits per heavy atom. The third kappa shape index (κ3) is 8.10. The fourth-order valence-electron chi connectivity index (χ4n) is 6.08. The van der Waals surface area contributed by atoms with Gasteiger partial charge in [-0.05, 0) is 81.9 Å². The van der Waals surface area contributed by atoms with Crippen molar-refractivity contribution in [3.8, 4) is 0 Å². The number of likely N-dealkylation sites (tertiary alicyclic amines) is 1. The third-order valence-electron chi connectivity index (χ3n) is 8.65. The SMILES string of the molecule is CC(C)C(CS(=N)(=O)C(C)C)N1C(=O)[C@@](C)(CC(=O)Nc2ccc(F)c(Br)c2)C[C@H](c2cccc(Cl)c2)[C@H]1c1ccc(Cl)cc1. The van der Waals surface area contributed by atoms with Crippen molar-refractivity contribution in [3.05, 3.63) is 98.2 Å². The minimum atomic E-state index is -3.08. The van der Waals surface area contributed by atoms with E-state index in [1.807, 2.05) is 44.2 Å². The average molecular weight is 740 g/mol. The van der Waals surface area contributed by atoms with Gasteiger partial charge in [-0.1, -0.05) is 82.1 Å². The Labute approximate surface area is 284 Å². The number of hydrogen-bond acceptors (Lipinski definition) is 4. The molecule has 0 bridgehead atoms. The van der Waals surface area contributed by atoms with Gasteiger partial charge in [0, 0.05) is 49.1 Å². The molecule has 5 atom stereocenters. The van der Waals surface area contributed by atoms with Crippen LogP contribution in [0.2, 0.25) is 10.0 Å². The highest BCUT2D eigenvalue weighted by atomic mass is 79.9. The fourth-order valence-corrected chi connectivity index (χ4v) is 8.23. The second kappa shape index (κ2) is 14.1. The van der Waals surface area contributed by atoms with Gasteiger partial charge in [-0.2, -0.15) is 0 Å². The summed E-state index contributed by atoms with van der Waals surface area (Å²) in [5.74, 6) is -1.57. The first-order valence-corrected chi connectivity index (χ1v) is 18.2. The van der Waals surface area contributed by atoms with Gasteiger partial charge in [-0.15, -0.1) is 0 Å². The normalized spacial score (nSPS) is 22.4. The van der Waals surface area contributed by atoms with Gasteiger partial charge in [0.05, 0.1) is 21.7 Å². The van der Waals surface area contributed by atoms with Crippen LogP contribution < -0.4 is 5.32 Å². The predicted octanol–water partition coefficient (Wildman–Crippen LogP) is 9.47. The van der Waals surface area contributed by atoms with Crippen LogP contribution in [-0.4, -0.2) is 38.0 Å². The lowest BCUT2D eigenvalue weighted by atomic mass is 9.66. The Kier molecular flexibility index (Phi) is 11.1. The van der Waals surface area contributed by atoms with E-state index >= 15 is 0 Å². The molecule has 0 spiro atoms. The molecule has 2 unspecified atom stereocenters. The molecule has 6 nitrogen and oxygen atoms in total. The maximum absolute atomic E-state index is 14.9. The highest BCUT2D eigenvalue weighted by Gasteiger charge is 2.53. The summed E-state index contributed by atoms with van der Waals surface area (Å²) < 4.78 is 36.4. The number of anilines is 1. The standard InChI is InChI=1S/C34H39BrCl2FN3O3S/c1-20(2)30(19-45(39,44)21(3)4)41-32(22-9-11-24(36)12-10-22)27(23-7-6-8-25(37)15-23)17-34(5,33(41)43)18-31(42)40-26-13-14-29(38)28(35)16-26/h6-16,20-21,27,30,32,39H,17-19H2,1-5H3,(H,40,42)/t27-,30?,32-,34-,45?/m1/s1. The van der Waals surface area contributed by atoms with Crippen molar-refractivity contribution in [3.63, 3.8) is 0 Å². The third-order valence-corrected chi connectivity index (χ3v) is 12.1. The highest BCUT2D eigenvalue weighted by molar-refractivity contribution is 9.10. The van der Waals surface area contributed by atoms with Crippen molar-refractivity contribution in [2.75, 3.05) is 11.1 Å². The predicted molar refractivity (Wildman–Crippen MR) is 185 cm³/mol. The lowest BCUT2D eigenvalue weighted by molar-refractivity contribution is -0.157. The molecule has 1 saturated heterocycles. The first kappa shape index (κ1) is 35.4. The summed E-state index contributed by atoms with van der Waals surface area (Å²) in [7, 11) is -3.08. The van der Waals surface area contributed by atoms with Gasteiger partial charge < -0.3 is 10.2 Å². The van der Waals surface area contributed by atoms with E-state index in [4.69, 9.17) is 28.0 Å². The maximum atomic E-state index is 14.9. The maximum Gasteiger partial charge on any atom is 0.229 e. The number of piperidine rings is 1. The summed E-state index contributed by atoms with van der Waals surface area (Å²) in [6, 6.07) is 18.0. The first-order valence-electron chi connectivity index (χ1n) is 14.9. The van der Waals surface area contributed by atoms with Gasteiger partial charge in [0.25, 0.3) is 0 Å². The topological polar surface area (TPSA) is 90.3 Å². The lowest BCUT2D eigenvalue weighted by Gasteiger charge is -2.53. The molecule has 3 aromatic carbocycles. The first-order chi connectivity index (χ1) is 21.0. The van der Waals surface area contributed by atoms with Gasteiger partial charge in [0.1, 0.15) is 5.82 Å². The molecule has 2 amide bonds. The molecule has 11 heteroatoms. The van der Waals surface area contributed by atoms with E-state index in [1.165, 1.54) is 18.2 Å². The smallest absolute Gasteiger partial charge is 0.229 e. The number of hydrogen-bond donors (Lipinski definition) is 2. The van der Waals surface area contributed by atoms with E-state index < -0.39 is 44.2 Å². The molecule has 3 aromatic rings. The van der Waals surface area contributed by atoms with E-state index in [0.29, 0.717) is 22.2 Å². The van der Waals surface area contributed by atoms with Crippen LogP contribution >= 0.6 is 39.1 Å². The summed E-state index contributed by atoms with van der Waals surface area (Å²) in [5.41, 5.74) is 0.956. The Morgan fingerprint density at radius 3 is 2.31 bits per heavy atom. The molecule has 2 N–H and O–H groups in total. The summed E-state index contributed by atoms with van der Waals surface area (Å²) in [5, 5.41) is 3.50. The second-order valence-corrected chi connectivity index (χ2v) is 17.2. The van der Waals surface area contributed by atoms with E-state index in [2.05, 4.69) is 21.2 Å². The summed E-state index contributed by atoms with van der Waals surface area (Å²) in [4.78, 5) is 30.2. The zero-order valence-electron chi connectivity index (χ0n) is 26.0. The zero-order valence-corrected chi connectivity index (χ0v) is 29.9. The highest BCUT2D eigenvalue weighted by Crippen LogP contribution is 2.52. The minimum absolute atomic E-state index is 0.00763. The molecular weight excluding hydrogens is 700 g/mol. The number of halogens is 4. The number of nitrogens with zero attached hydrogens (tertiary/aromatic N) is 1. The molecular formula is C34H39BrCl2FN3O3S. The van der Waals surface area contributed by atoms with Crippen LogP contribution in [0.1, 0.15) is 70.5 Å². The van der Waals surface area contributed by atoms with Gasteiger partial charge in [0.15, 0.2) is 0 Å². The Morgan fingerprint density at radius 1 is 1.07 bits per heavy atom. The molecule has 1 aliphatic rings. The van der Waals surface area contributed by atoms with Gasteiger partial charge >= 0.3 is 0 Å². The van der Waals surface area contributed by atoms with Crippen molar-refractivity contribution in [2.45, 2.75) is 70.7 Å². The summed E-state index contributed by atoms with van der Waals surface area (Å²) in [6.45, 7) is 9.24. The van der Waals surface area contributed by atoms with Crippen molar-refractivity contribution in [1.82, 2.24) is 4.90 Å². The molecule has 0 saturated carbocycles.